The van der Waals surface area contributed by atoms with Crippen molar-refractivity contribution in [2.24, 2.45) is 0 Å². The molecule has 2 rings (SSSR count). The van der Waals surface area contributed by atoms with Crippen molar-refractivity contribution in [1.29, 1.82) is 0 Å². The van der Waals surface area contributed by atoms with Crippen LogP contribution >= 0.6 is 23.2 Å². The molecule has 144 valence electrons. The number of carbonyl (C=O) groups excluding carboxylic acids is 2. The lowest BCUT2D eigenvalue weighted by Crippen LogP contribution is -2.49. The SMILES string of the molecule is CCNC(=O)C(C)N(Cc1ccccc1Cl)C(=O)COc1ccc(Cl)cc1. The molecular formula is C20H22Cl2N2O3. The summed E-state index contributed by atoms with van der Waals surface area (Å²) in [5.41, 5.74) is 0.759. The highest BCUT2D eigenvalue weighted by atomic mass is 35.5. The average Bonchev–Trinajstić information content (AvgIpc) is 2.66. The molecule has 2 amide bonds. The van der Waals surface area contributed by atoms with Gasteiger partial charge in [0.05, 0.1) is 0 Å². The number of nitrogens with zero attached hydrogens (tertiary/aromatic N) is 1. The third-order valence-corrected chi connectivity index (χ3v) is 4.61. The van der Waals surface area contributed by atoms with E-state index in [1.807, 2.05) is 25.1 Å². The second-order valence-electron chi connectivity index (χ2n) is 5.93. The van der Waals surface area contributed by atoms with Crippen LogP contribution in [-0.2, 0) is 16.1 Å². The second kappa shape index (κ2) is 10.2. The summed E-state index contributed by atoms with van der Waals surface area (Å²) < 4.78 is 5.55. The minimum atomic E-state index is -0.664. The maximum Gasteiger partial charge on any atom is 0.261 e. The van der Waals surface area contributed by atoms with E-state index in [9.17, 15) is 9.59 Å². The largest absolute Gasteiger partial charge is 0.484 e. The van der Waals surface area contributed by atoms with E-state index in [1.165, 1.54) is 4.90 Å². The van der Waals surface area contributed by atoms with Crippen molar-refractivity contribution < 1.29 is 14.3 Å². The molecule has 1 atom stereocenters. The molecule has 0 saturated carbocycles. The van der Waals surface area contributed by atoms with Gasteiger partial charge in [0.1, 0.15) is 11.8 Å². The molecule has 2 aromatic carbocycles. The van der Waals surface area contributed by atoms with Crippen LogP contribution in [0.15, 0.2) is 48.5 Å². The third kappa shape index (κ3) is 6.15. The van der Waals surface area contributed by atoms with Crippen molar-refractivity contribution >= 4 is 35.0 Å². The highest BCUT2D eigenvalue weighted by Crippen LogP contribution is 2.19. The van der Waals surface area contributed by atoms with Gasteiger partial charge in [0.15, 0.2) is 6.61 Å². The van der Waals surface area contributed by atoms with E-state index in [4.69, 9.17) is 27.9 Å². The number of nitrogens with one attached hydrogen (secondary N) is 1. The zero-order valence-corrected chi connectivity index (χ0v) is 16.8. The summed E-state index contributed by atoms with van der Waals surface area (Å²) in [6.45, 7) is 4.01. The molecule has 5 nitrogen and oxygen atoms in total. The van der Waals surface area contributed by atoms with E-state index in [2.05, 4.69) is 5.32 Å². The molecule has 0 heterocycles. The zero-order chi connectivity index (χ0) is 19.8. The van der Waals surface area contributed by atoms with E-state index >= 15 is 0 Å². The summed E-state index contributed by atoms with van der Waals surface area (Å²) in [5, 5.41) is 3.86. The van der Waals surface area contributed by atoms with Crippen molar-refractivity contribution in [3.63, 3.8) is 0 Å². The van der Waals surface area contributed by atoms with Crippen molar-refractivity contribution in [2.45, 2.75) is 26.4 Å². The fourth-order valence-corrected chi connectivity index (χ4v) is 2.80. The molecule has 0 aliphatic rings. The van der Waals surface area contributed by atoms with Crippen LogP contribution in [0.5, 0.6) is 5.75 Å². The second-order valence-corrected chi connectivity index (χ2v) is 6.77. The van der Waals surface area contributed by atoms with Gasteiger partial charge in [0.2, 0.25) is 5.91 Å². The van der Waals surface area contributed by atoms with Crippen LogP contribution in [0.25, 0.3) is 0 Å². The summed E-state index contributed by atoms with van der Waals surface area (Å²) in [4.78, 5) is 26.5. The number of carbonyl (C=O) groups is 2. The number of rotatable bonds is 8. The number of hydrogen-bond acceptors (Lipinski definition) is 3. The van der Waals surface area contributed by atoms with Crippen LogP contribution in [-0.4, -0.2) is 35.9 Å². The predicted molar refractivity (Wildman–Crippen MR) is 107 cm³/mol. The van der Waals surface area contributed by atoms with E-state index in [0.29, 0.717) is 22.3 Å². The Labute approximate surface area is 169 Å². The van der Waals surface area contributed by atoms with Gasteiger partial charge in [-0.15, -0.1) is 0 Å². The van der Waals surface area contributed by atoms with Gasteiger partial charge in [-0.25, -0.2) is 0 Å². The number of amides is 2. The number of benzene rings is 2. The Morgan fingerprint density at radius 2 is 1.78 bits per heavy atom. The van der Waals surface area contributed by atoms with Gasteiger partial charge in [0.25, 0.3) is 5.91 Å². The van der Waals surface area contributed by atoms with Crippen LogP contribution in [0.3, 0.4) is 0 Å². The van der Waals surface area contributed by atoms with Gasteiger partial charge in [-0.05, 0) is 49.7 Å². The Hall–Kier alpha value is -2.24. The van der Waals surface area contributed by atoms with Gasteiger partial charge in [-0.3, -0.25) is 9.59 Å². The molecule has 0 fully saturated rings. The molecule has 0 aliphatic heterocycles. The zero-order valence-electron chi connectivity index (χ0n) is 15.2. The average molecular weight is 409 g/mol. The lowest BCUT2D eigenvalue weighted by Gasteiger charge is -2.29. The fourth-order valence-electron chi connectivity index (χ4n) is 2.47. The normalized spacial score (nSPS) is 11.6. The highest BCUT2D eigenvalue weighted by molar-refractivity contribution is 6.31. The lowest BCUT2D eigenvalue weighted by atomic mass is 10.1. The molecule has 0 saturated heterocycles. The van der Waals surface area contributed by atoms with Gasteiger partial charge in [-0.1, -0.05) is 41.4 Å². The number of halogens is 2. The smallest absolute Gasteiger partial charge is 0.261 e. The molecule has 27 heavy (non-hydrogen) atoms. The molecular weight excluding hydrogens is 387 g/mol. The van der Waals surface area contributed by atoms with Crippen molar-refractivity contribution in [3.05, 3.63) is 64.1 Å². The van der Waals surface area contributed by atoms with Gasteiger partial charge in [0, 0.05) is 23.1 Å². The molecule has 0 aliphatic carbocycles. The molecule has 2 aromatic rings. The summed E-state index contributed by atoms with van der Waals surface area (Å²) in [7, 11) is 0. The van der Waals surface area contributed by atoms with Crippen LogP contribution in [0, 0.1) is 0 Å². The van der Waals surface area contributed by atoms with Gasteiger partial charge >= 0.3 is 0 Å². The van der Waals surface area contributed by atoms with E-state index in [-0.39, 0.29) is 25.0 Å². The Kier molecular flexibility index (Phi) is 7.95. The monoisotopic (exact) mass is 408 g/mol. The molecule has 0 bridgehead atoms. The van der Waals surface area contributed by atoms with Crippen LogP contribution < -0.4 is 10.1 Å². The molecule has 0 radical (unpaired) electrons. The maximum absolute atomic E-state index is 12.8. The van der Waals surface area contributed by atoms with Gasteiger partial charge < -0.3 is 15.0 Å². The van der Waals surface area contributed by atoms with Crippen molar-refractivity contribution in [2.75, 3.05) is 13.2 Å². The highest BCUT2D eigenvalue weighted by Gasteiger charge is 2.26. The van der Waals surface area contributed by atoms with E-state index in [1.54, 1.807) is 37.3 Å². The summed E-state index contributed by atoms with van der Waals surface area (Å²) >= 11 is 12.1. The number of likely N-dealkylation sites (N-methyl/N-ethyl adjacent to an activating group) is 1. The first kappa shape index (κ1) is 21.1. The molecule has 1 N–H and O–H groups in total. The first-order valence-electron chi connectivity index (χ1n) is 8.61. The summed E-state index contributed by atoms with van der Waals surface area (Å²) in [5.74, 6) is -0.0240. The molecule has 1 unspecified atom stereocenters. The summed E-state index contributed by atoms with van der Waals surface area (Å²) in [6, 6.07) is 13.3. The lowest BCUT2D eigenvalue weighted by molar-refractivity contribution is -0.142. The minimum Gasteiger partial charge on any atom is -0.484 e. The maximum atomic E-state index is 12.8. The third-order valence-electron chi connectivity index (χ3n) is 3.99. The van der Waals surface area contributed by atoms with Crippen LogP contribution in [0.1, 0.15) is 19.4 Å². The predicted octanol–water partition coefficient (Wildman–Crippen LogP) is 3.93. The van der Waals surface area contributed by atoms with Crippen molar-refractivity contribution in [1.82, 2.24) is 10.2 Å². The Morgan fingerprint density at radius 3 is 2.41 bits per heavy atom. The first-order valence-corrected chi connectivity index (χ1v) is 9.37. The topological polar surface area (TPSA) is 58.6 Å². The van der Waals surface area contributed by atoms with E-state index in [0.717, 1.165) is 5.56 Å². The van der Waals surface area contributed by atoms with Crippen LogP contribution in [0.2, 0.25) is 10.0 Å². The Bertz CT molecular complexity index is 781. The number of ether oxygens (including phenoxy) is 1. The first-order chi connectivity index (χ1) is 12.9. The quantitative estimate of drug-likeness (QED) is 0.719. The minimum absolute atomic E-state index is 0.199. The van der Waals surface area contributed by atoms with Gasteiger partial charge in [-0.2, -0.15) is 0 Å². The fraction of sp³-hybridized carbons (Fsp3) is 0.300. The summed E-state index contributed by atoms with van der Waals surface area (Å²) in [6.07, 6.45) is 0. The molecule has 0 spiro atoms. The Morgan fingerprint density at radius 1 is 1.11 bits per heavy atom. The van der Waals surface area contributed by atoms with Crippen molar-refractivity contribution in [3.8, 4) is 5.75 Å². The van der Waals surface area contributed by atoms with Crippen LogP contribution in [0.4, 0.5) is 0 Å². The van der Waals surface area contributed by atoms with E-state index < -0.39 is 6.04 Å². The standard InChI is InChI=1S/C20H22Cl2N2O3/c1-3-23-20(26)14(2)24(12-15-6-4-5-7-18(15)22)19(25)13-27-17-10-8-16(21)9-11-17/h4-11,14H,3,12-13H2,1-2H3,(H,23,26). The number of hydrogen-bond donors (Lipinski definition) is 1. The molecule has 7 heteroatoms. The Balaban J connectivity index is 2.14. The molecule has 0 aromatic heterocycles.